The second-order valence-electron chi connectivity index (χ2n) is 14.2. The predicted molar refractivity (Wildman–Crippen MR) is 214 cm³/mol. The molecular formula is C49H35N. The average Bonchev–Trinajstić information content (AvgIpc) is 3.40. The topological polar surface area (TPSA) is 3.24 Å². The van der Waals surface area contributed by atoms with E-state index in [-0.39, 0.29) is 5.41 Å². The van der Waals surface area contributed by atoms with Crippen molar-refractivity contribution in [2.75, 3.05) is 4.90 Å². The highest BCUT2D eigenvalue weighted by Gasteiger charge is 2.35. The van der Waals surface area contributed by atoms with Crippen LogP contribution in [-0.4, -0.2) is 0 Å². The first-order valence-corrected chi connectivity index (χ1v) is 17.5. The molecule has 1 nitrogen and oxygen atoms in total. The third-order valence-corrected chi connectivity index (χ3v) is 11.0. The minimum Gasteiger partial charge on any atom is -0.310 e. The first kappa shape index (κ1) is 28.8. The molecule has 1 aliphatic carbocycles. The first-order valence-electron chi connectivity index (χ1n) is 17.5. The van der Waals surface area contributed by atoms with Crippen LogP contribution in [0.2, 0.25) is 0 Å². The van der Waals surface area contributed by atoms with Crippen molar-refractivity contribution in [3.05, 3.63) is 187 Å². The number of nitrogens with zero attached hydrogens (tertiary/aromatic N) is 1. The largest absolute Gasteiger partial charge is 0.310 e. The van der Waals surface area contributed by atoms with Gasteiger partial charge in [-0.3, -0.25) is 0 Å². The number of rotatable bonds is 4. The van der Waals surface area contributed by atoms with E-state index in [1.54, 1.807) is 0 Å². The maximum absolute atomic E-state index is 2.47. The lowest BCUT2D eigenvalue weighted by Crippen LogP contribution is -2.16. The van der Waals surface area contributed by atoms with Gasteiger partial charge in [-0.05, 0) is 107 Å². The van der Waals surface area contributed by atoms with Crippen molar-refractivity contribution < 1.29 is 0 Å². The van der Waals surface area contributed by atoms with Crippen LogP contribution in [0.1, 0.15) is 25.0 Å². The lowest BCUT2D eigenvalue weighted by atomic mass is 9.82. The molecule has 0 amide bonds. The summed E-state index contributed by atoms with van der Waals surface area (Å²) in [7, 11) is 0. The lowest BCUT2D eigenvalue weighted by Gasteiger charge is -2.30. The Morgan fingerprint density at radius 1 is 0.380 bits per heavy atom. The van der Waals surface area contributed by atoms with Crippen molar-refractivity contribution in [1.82, 2.24) is 0 Å². The maximum Gasteiger partial charge on any atom is 0.0546 e. The molecule has 0 saturated heterocycles. The summed E-state index contributed by atoms with van der Waals surface area (Å²) in [6.45, 7) is 4.72. The van der Waals surface area contributed by atoms with Gasteiger partial charge in [-0.1, -0.05) is 153 Å². The van der Waals surface area contributed by atoms with Gasteiger partial charge < -0.3 is 4.90 Å². The summed E-state index contributed by atoms with van der Waals surface area (Å²) in [4.78, 5) is 2.47. The second-order valence-corrected chi connectivity index (χ2v) is 14.2. The molecule has 0 aromatic heterocycles. The standard InChI is InChI=1S/C49H35N/c1-49(2)45-18-10-9-15-41(45)42-28-27-39(31-46(42)49)50(38-25-23-33(24-26-38)36-21-19-32-11-3-4-13-35(32)29-36)47-30-37-22-20-34-12-5-6-14-40(34)48(37)44-17-8-7-16-43(44)47/h3-31H,1-2H3. The number of benzene rings is 9. The first-order chi connectivity index (χ1) is 24.5. The summed E-state index contributed by atoms with van der Waals surface area (Å²) in [5, 5.41) is 10.1. The molecule has 0 fully saturated rings. The molecule has 236 valence electrons. The Morgan fingerprint density at radius 3 is 1.82 bits per heavy atom. The van der Waals surface area contributed by atoms with Gasteiger partial charge in [-0.2, -0.15) is 0 Å². The molecule has 0 radical (unpaired) electrons. The Hall–Kier alpha value is -6.18. The van der Waals surface area contributed by atoms with E-state index in [0.717, 1.165) is 11.4 Å². The molecule has 0 spiro atoms. The van der Waals surface area contributed by atoms with Gasteiger partial charge in [0.15, 0.2) is 0 Å². The third-order valence-electron chi connectivity index (χ3n) is 11.0. The van der Waals surface area contributed by atoms with Crippen LogP contribution >= 0.6 is 0 Å². The third kappa shape index (κ3) is 4.33. The van der Waals surface area contributed by atoms with Crippen molar-refractivity contribution in [2.24, 2.45) is 0 Å². The van der Waals surface area contributed by atoms with E-state index in [4.69, 9.17) is 0 Å². The molecule has 0 aliphatic heterocycles. The van der Waals surface area contributed by atoms with Gasteiger partial charge in [-0.15, -0.1) is 0 Å². The van der Waals surface area contributed by atoms with Gasteiger partial charge in [0.1, 0.15) is 0 Å². The Labute approximate surface area is 292 Å². The summed E-state index contributed by atoms with van der Waals surface area (Å²) in [5.74, 6) is 0. The van der Waals surface area contributed by atoms with Gasteiger partial charge in [0.25, 0.3) is 0 Å². The van der Waals surface area contributed by atoms with Crippen LogP contribution < -0.4 is 4.90 Å². The smallest absolute Gasteiger partial charge is 0.0546 e. The molecule has 0 heterocycles. The van der Waals surface area contributed by atoms with Crippen LogP contribution in [0.25, 0.3) is 65.3 Å². The monoisotopic (exact) mass is 637 g/mol. The van der Waals surface area contributed by atoms with E-state index in [2.05, 4.69) is 195 Å². The summed E-state index contributed by atoms with van der Waals surface area (Å²) in [6, 6.07) is 65.0. The molecular weight excluding hydrogens is 603 g/mol. The molecule has 9 aromatic rings. The zero-order chi connectivity index (χ0) is 33.4. The molecule has 9 aromatic carbocycles. The van der Waals surface area contributed by atoms with Crippen molar-refractivity contribution >= 4 is 60.2 Å². The highest BCUT2D eigenvalue weighted by atomic mass is 15.1. The number of fused-ring (bicyclic) bond motifs is 9. The van der Waals surface area contributed by atoms with E-state index in [1.165, 1.54) is 82.2 Å². The van der Waals surface area contributed by atoms with Crippen LogP contribution in [-0.2, 0) is 5.41 Å². The molecule has 0 bridgehead atoms. The normalized spacial score (nSPS) is 13.2. The fraction of sp³-hybridized carbons (Fsp3) is 0.0612. The minimum atomic E-state index is -0.0993. The van der Waals surface area contributed by atoms with Gasteiger partial charge in [0.2, 0.25) is 0 Å². The Kier molecular flexibility index (Phi) is 6.29. The highest BCUT2D eigenvalue weighted by molar-refractivity contribution is 6.23. The molecule has 0 N–H and O–H groups in total. The lowest BCUT2D eigenvalue weighted by molar-refractivity contribution is 0.660. The molecule has 50 heavy (non-hydrogen) atoms. The fourth-order valence-corrected chi connectivity index (χ4v) is 8.47. The summed E-state index contributed by atoms with van der Waals surface area (Å²) >= 11 is 0. The zero-order valence-electron chi connectivity index (χ0n) is 28.2. The Bertz CT molecular complexity index is 2790. The van der Waals surface area contributed by atoms with Crippen LogP contribution in [0.15, 0.2) is 176 Å². The van der Waals surface area contributed by atoms with Gasteiger partial charge in [0.05, 0.1) is 5.69 Å². The number of anilines is 3. The van der Waals surface area contributed by atoms with Crippen molar-refractivity contribution in [1.29, 1.82) is 0 Å². The summed E-state index contributed by atoms with van der Waals surface area (Å²) < 4.78 is 0. The minimum absolute atomic E-state index is 0.0993. The molecule has 1 heteroatoms. The van der Waals surface area contributed by atoms with Gasteiger partial charge in [-0.25, -0.2) is 0 Å². The SMILES string of the molecule is CC1(C)c2ccccc2-c2ccc(N(c3ccc(-c4ccc5ccccc5c4)cc3)c3cc4ccc5ccccc5c4c4ccccc34)cc21. The molecule has 1 aliphatic rings. The predicted octanol–water partition coefficient (Wildman–Crippen LogP) is 13.7. The maximum atomic E-state index is 2.47. The van der Waals surface area contributed by atoms with E-state index in [1.807, 2.05) is 0 Å². The molecule has 0 saturated carbocycles. The van der Waals surface area contributed by atoms with E-state index in [0.29, 0.717) is 0 Å². The van der Waals surface area contributed by atoms with Gasteiger partial charge >= 0.3 is 0 Å². The van der Waals surface area contributed by atoms with E-state index >= 15 is 0 Å². The zero-order valence-corrected chi connectivity index (χ0v) is 28.2. The fourth-order valence-electron chi connectivity index (χ4n) is 8.47. The van der Waals surface area contributed by atoms with Gasteiger partial charge in [0, 0.05) is 22.2 Å². The Balaban J connectivity index is 1.20. The summed E-state index contributed by atoms with van der Waals surface area (Å²) in [6.07, 6.45) is 0. The quantitative estimate of drug-likeness (QED) is 0.174. The second kappa shape index (κ2) is 10.9. The van der Waals surface area contributed by atoms with Crippen molar-refractivity contribution in [2.45, 2.75) is 19.3 Å². The van der Waals surface area contributed by atoms with Crippen LogP contribution in [0.5, 0.6) is 0 Å². The number of hydrogen-bond donors (Lipinski definition) is 0. The average molecular weight is 638 g/mol. The van der Waals surface area contributed by atoms with Crippen molar-refractivity contribution in [3.8, 4) is 22.3 Å². The van der Waals surface area contributed by atoms with E-state index in [9.17, 15) is 0 Å². The Morgan fingerprint density at radius 2 is 0.980 bits per heavy atom. The highest BCUT2D eigenvalue weighted by Crippen LogP contribution is 2.51. The number of hydrogen-bond acceptors (Lipinski definition) is 1. The van der Waals surface area contributed by atoms with E-state index < -0.39 is 0 Å². The molecule has 0 unspecified atom stereocenters. The van der Waals surface area contributed by atoms with Crippen LogP contribution in [0, 0.1) is 0 Å². The molecule has 0 atom stereocenters. The van der Waals surface area contributed by atoms with Crippen LogP contribution in [0.4, 0.5) is 17.1 Å². The van der Waals surface area contributed by atoms with Crippen molar-refractivity contribution in [3.63, 3.8) is 0 Å². The van der Waals surface area contributed by atoms with Crippen LogP contribution in [0.3, 0.4) is 0 Å². The molecule has 10 rings (SSSR count). The summed E-state index contributed by atoms with van der Waals surface area (Å²) in [5.41, 5.74) is 11.2.